The lowest BCUT2D eigenvalue weighted by molar-refractivity contribution is 0.0954. The van der Waals surface area contributed by atoms with Gasteiger partial charge in [0.15, 0.2) is 23.0 Å². The second-order valence-electron chi connectivity index (χ2n) is 5.86. The van der Waals surface area contributed by atoms with E-state index >= 15 is 0 Å². The van der Waals surface area contributed by atoms with Crippen LogP contribution in [0.15, 0.2) is 48.1 Å². The van der Waals surface area contributed by atoms with Crippen LogP contribution in [0.3, 0.4) is 0 Å². The molecule has 30 heavy (non-hydrogen) atoms. The number of rotatable bonds is 11. The molecule has 1 amide bonds. The second kappa shape index (κ2) is 12.1. The number of halogens is 1. The number of hydrogen-bond acceptors (Lipinski definition) is 6. The van der Waals surface area contributed by atoms with Crippen molar-refractivity contribution < 1.29 is 23.7 Å². The van der Waals surface area contributed by atoms with Gasteiger partial charge in [-0.3, -0.25) is 4.79 Å². The van der Waals surface area contributed by atoms with Gasteiger partial charge in [-0.15, -0.1) is 0 Å². The van der Waals surface area contributed by atoms with Gasteiger partial charge < -0.3 is 18.9 Å². The van der Waals surface area contributed by atoms with Crippen LogP contribution < -0.4 is 24.4 Å². The number of hydrogen-bond donors (Lipinski definition) is 1. The first-order valence-electron chi connectivity index (χ1n) is 9.38. The molecule has 160 valence electrons. The minimum Gasteiger partial charge on any atom is -0.493 e. The fraction of sp³-hybridized carbons (Fsp3) is 0.273. The van der Waals surface area contributed by atoms with Crippen molar-refractivity contribution >= 4 is 34.7 Å². The van der Waals surface area contributed by atoms with Crippen LogP contribution >= 0.6 is 22.6 Å². The minimum atomic E-state index is -0.366. The Balaban J connectivity index is 2.13. The zero-order valence-electron chi connectivity index (χ0n) is 17.2. The standard InChI is InChI=1S/C22H25IN2O5/c1-5-10-30-18-9-8-16(13-19(18)28-6-2)22(26)25-24-14-15-11-17(23)21(29-7-3)20(12-15)27-4/h5,8-9,11-14H,1,6-7,10H2,2-4H3,(H,25,26)/b24-14+. The maximum absolute atomic E-state index is 12.5. The van der Waals surface area contributed by atoms with Crippen LogP contribution in [0.25, 0.3) is 0 Å². The summed E-state index contributed by atoms with van der Waals surface area (Å²) in [5.41, 5.74) is 3.69. The lowest BCUT2D eigenvalue weighted by atomic mass is 10.2. The Morgan fingerprint density at radius 2 is 1.87 bits per heavy atom. The topological polar surface area (TPSA) is 78.4 Å². The molecule has 0 aliphatic rings. The summed E-state index contributed by atoms with van der Waals surface area (Å²) in [5.74, 6) is 1.96. The third kappa shape index (κ3) is 6.38. The Morgan fingerprint density at radius 3 is 2.53 bits per heavy atom. The van der Waals surface area contributed by atoms with E-state index in [0.29, 0.717) is 48.4 Å². The lowest BCUT2D eigenvalue weighted by Gasteiger charge is -2.12. The van der Waals surface area contributed by atoms with E-state index < -0.39 is 0 Å². The Kier molecular flexibility index (Phi) is 9.46. The minimum absolute atomic E-state index is 0.347. The molecule has 0 unspecified atom stereocenters. The van der Waals surface area contributed by atoms with E-state index in [2.05, 4.69) is 39.7 Å². The normalized spacial score (nSPS) is 10.5. The number of nitrogens with zero attached hydrogens (tertiary/aromatic N) is 1. The molecule has 0 spiro atoms. The number of hydrazone groups is 1. The third-order valence-corrected chi connectivity index (χ3v) is 4.58. The molecule has 8 heteroatoms. The maximum Gasteiger partial charge on any atom is 0.271 e. The molecule has 0 bridgehead atoms. The summed E-state index contributed by atoms with van der Waals surface area (Å²) in [6.45, 7) is 8.74. The summed E-state index contributed by atoms with van der Waals surface area (Å²) in [5, 5.41) is 4.05. The van der Waals surface area contributed by atoms with Crippen molar-refractivity contribution in [3.8, 4) is 23.0 Å². The highest BCUT2D eigenvalue weighted by Gasteiger charge is 2.12. The van der Waals surface area contributed by atoms with Crippen LogP contribution in [0.2, 0.25) is 0 Å². The molecule has 0 atom stereocenters. The lowest BCUT2D eigenvalue weighted by Crippen LogP contribution is -2.17. The van der Waals surface area contributed by atoms with Crippen molar-refractivity contribution in [1.29, 1.82) is 0 Å². The molecule has 0 heterocycles. The van der Waals surface area contributed by atoms with Gasteiger partial charge in [0, 0.05) is 5.56 Å². The summed E-state index contributed by atoms with van der Waals surface area (Å²) in [6, 6.07) is 8.64. The van der Waals surface area contributed by atoms with Crippen LogP contribution in [-0.2, 0) is 0 Å². The summed E-state index contributed by atoms with van der Waals surface area (Å²) in [6.07, 6.45) is 3.19. The van der Waals surface area contributed by atoms with Crippen LogP contribution in [0.4, 0.5) is 0 Å². The Bertz CT molecular complexity index is 915. The highest BCUT2D eigenvalue weighted by atomic mass is 127. The van der Waals surface area contributed by atoms with E-state index in [0.717, 1.165) is 9.13 Å². The summed E-state index contributed by atoms with van der Waals surface area (Å²) >= 11 is 2.17. The van der Waals surface area contributed by atoms with Crippen molar-refractivity contribution in [2.75, 3.05) is 26.9 Å². The van der Waals surface area contributed by atoms with Crippen molar-refractivity contribution in [1.82, 2.24) is 5.43 Å². The van der Waals surface area contributed by atoms with Crippen LogP contribution in [0.5, 0.6) is 23.0 Å². The number of carbonyl (C=O) groups is 1. The molecule has 2 aromatic rings. The van der Waals surface area contributed by atoms with Crippen LogP contribution in [0.1, 0.15) is 29.8 Å². The molecule has 0 radical (unpaired) electrons. The van der Waals surface area contributed by atoms with Crippen molar-refractivity contribution in [2.24, 2.45) is 5.10 Å². The van der Waals surface area contributed by atoms with Crippen LogP contribution in [-0.4, -0.2) is 39.1 Å². The quantitative estimate of drug-likeness (QED) is 0.204. The van der Waals surface area contributed by atoms with E-state index in [9.17, 15) is 4.79 Å². The van der Waals surface area contributed by atoms with Crippen molar-refractivity contribution in [3.05, 3.63) is 57.7 Å². The highest BCUT2D eigenvalue weighted by Crippen LogP contribution is 2.33. The maximum atomic E-state index is 12.5. The molecule has 2 rings (SSSR count). The molecule has 0 saturated carbocycles. The smallest absolute Gasteiger partial charge is 0.271 e. The number of amides is 1. The number of methoxy groups -OCH3 is 1. The molecule has 1 N–H and O–H groups in total. The number of carbonyl (C=O) groups excluding carboxylic acids is 1. The average Bonchev–Trinajstić information content (AvgIpc) is 2.74. The predicted molar refractivity (Wildman–Crippen MR) is 125 cm³/mol. The van der Waals surface area contributed by atoms with Gasteiger partial charge in [0.1, 0.15) is 6.61 Å². The van der Waals surface area contributed by atoms with E-state index in [4.69, 9.17) is 18.9 Å². The molecular formula is C22H25IN2O5. The largest absolute Gasteiger partial charge is 0.493 e. The second-order valence-corrected chi connectivity index (χ2v) is 7.02. The van der Waals surface area contributed by atoms with Crippen molar-refractivity contribution in [3.63, 3.8) is 0 Å². The summed E-state index contributed by atoms with van der Waals surface area (Å²) in [4.78, 5) is 12.5. The van der Waals surface area contributed by atoms with Gasteiger partial charge in [-0.05, 0) is 72.3 Å². The summed E-state index contributed by atoms with van der Waals surface area (Å²) in [7, 11) is 1.58. The first-order valence-corrected chi connectivity index (χ1v) is 10.5. The molecule has 2 aromatic carbocycles. The zero-order valence-corrected chi connectivity index (χ0v) is 19.4. The third-order valence-electron chi connectivity index (χ3n) is 3.78. The van der Waals surface area contributed by atoms with Gasteiger partial charge in [0.05, 0.1) is 30.1 Å². The first-order chi connectivity index (χ1) is 14.5. The van der Waals surface area contributed by atoms with E-state index in [1.807, 2.05) is 19.9 Å². The first kappa shape index (κ1) is 23.5. The average molecular weight is 524 g/mol. The fourth-order valence-electron chi connectivity index (χ4n) is 2.51. The van der Waals surface area contributed by atoms with Gasteiger partial charge in [-0.1, -0.05) is 12.7 Å². The van der Waals surface area contributed by atoms with Crippen molar-refractivity contribution in [2.45, 2.75) is 13.8 Å². The molecule has 0 aliphatic carbocycles. The molecule has 0 aliphatic heterocycles. The molecule has 0 fully saturated rings. The van der Waals surface area contributed by atoms with Crippen LogP contribution in [0, 0.1) is 3.57 Å². The van der Waals surface area contributed by atoms with Gasteiger partial charge in [-0.2, -0.15) is 5.10 Å². The van der Waals surface area contributed by atoms with E-state index in [1.54, 1.807) is 43.7 Å². The fourth-order valence-corrected chi connectivity index (χ4v) is 3.30. The number of nitrogens with one attached hydrogen (secondary N) is 1. The SMILES string of the molecule is C=CCOc1ccc(C(=O)N/N=C/c2cc(I)c(OCC)c(OC)c2)cc1OCC. The Labute approximate surface area is 190 Å². The highest BCUT2D eigenvalue weighted by molar-refractivity contribution is 14.1. The summed E-state index contributed by atoms with van der Waals surface area (Å²) < 4.78 is 23.0. The van der Waals surface area contributed by atoms with E-state index in [1.165, 1.54) is 0 Å². The molecule has 0 saturated heterocycles. The number of ether oxygens (including phenoxy) is 4. The van der Waals surface area contributed by atoms with Gasteiger partial charge in [-0.25, -0.2) is 5.43 Å². The number of benzene rings is 2. The zero-order chi connectivity index (χ0) is 21.9. The van der Waals surface area contributed by atoms with Gasteiger partial charge in [0.25, 0.3) is 5.91 Å². The Morgan fingerprint density at radius 1 is 1.10 bits per heavy atom. The molecule has 7 nitrogen and oxygen atoms in total. The Hall–Kier alpha value is -2.75. The monoisotopic (exact) mass is 524 g/mol. The van der Waals surface area contributed by atoms with E-state index in [-0.39, 0.29) is 5.91 Å². The molecular weight excluding hydrogens is 499 g/mol. The molecule has 0 aromatic heterocycles. The van der Waals surface area contributed by atoms with Gasteiger partial charge in [0.2, 0.25) is 0 Å². The predicted octanol–water partition coefficient (Wildman–Crippen LogP) is 4.43. The van der Waals surface area contributed by atoms with Gasteiger partial charge >= 0.3 is 0 Å².